The van der Waals surface area contributed by atoms with Gasteiger partial charge in [0.1, 0.15) is 6.04 Å². The van der Waals surface area contributed by atoms with Crippen LogP contribution in [0.5, 0.6) is 0 Å². The van der Waals surface area contributed by atoms with Crippen LogP contribution in [0.15, 0.2) is 18.2 Å². The Balaban J connectivity index is 1.88. The molecule has 4 heteroatoms. The summed E-state index contributed by atoms with van der Waals surface area (Å²) in [5, 5.41) is 14.9. The third-order valence-electron chi connectivity index (χ3n) is 3.74. The molecule has 0 aliphatic heterocycles. The molecule has 1 aliphatic rings. The van der Waals surface area contributed by atoms with Gasteiger partial charge in [0.25, 0.3) is 0 Å². The number of hydrogen-bond acceptors (Lipinski definition) is 3. The van der Waals surface area contributed by atoms with Crippen LogP contribution in [0.25, 0.3) is 0 Å². The number of carboxylic acids is 1. The van der Waals surface area contributed by atoms with Crippen molar-refractivity contribution in [3.63, 3.8) is 0 Å². The predicted molar refractivity (Wildman–Crippen MR) is 75.3 cm³/mol. The molecule has 3 N–H and O–H groups in total. The number of aliphatic carboxylic acids is 1. The van der Waals surface area contributed by atoms with Crippen LogP contribution in [0.3, 0.4) is 0 Å². The molecular weight excluding hydrogens is 240 g/mol. The molecular formula is C15H22N2O2. The highest BCUT2D eigenvalue weighted by atomic mass is 16.4. The SMILES string of the molecule is CNC(CNCc1ccc2c(c1)CCCC2)C(=O)O. The molecule has 0 saturated heterocycles. The third-order valence-corrected chi connectivity index (χ3v) is 3.74. The second kappa shape index (κ2) is 6.68. The number of fused-ring (bicyclic) bond motifs is 1. The van der Waals surface area contributed by atoms with Crippen molar-refractivity contribution in [3.8, 4) is 0 Å². The zero-order chi connectivity index (χ0) is 13.7. The number of aryl methyl sites for hydroxylation is 2. The molecule has 0 fully saturated rings. The lowest BCUT2D eigenvalue weighted by atomic mass is 9.90. The molecule has 4 nitrogen and oxygen atoms in total. The quantitative estimate of drug-likeness (QED) is 0.724. The summed E-state index contributed by atoms with van der Waals surface area (Å²) >= 11 is 0. The Kier molecular flexibility index (Phi) is 4.93. The number of carboxylic acid groups (broad SMARTS) is 1. The van der Waals surface area contributed by atoms with Crippen molar-refractivity contribution in [1.82, 2.24) is 10.6 Å². The van der Waals surface area contributed by atoms with E-state index in [0.717, 1.165) is 6.54 Å². The van der Waals surface area contributed by atoms with Gasteiger partial charge < -0.3 is 15.7 Å². The van der Waals surface area contributed by atoms with Crippen LogP contribution in [-0.2, 0) is 24.2 Å². The molecule has 0 aromatic heterocycles. The minimum absolute atomic E-state index is 0.433. The van der Waals surface area contributed by atoms with E-state index in [4.69, 9.17) is 5.11 Å². The van der Waals surface area contributed by atoms with E-state index >= 15 is 0 Å². The molecule has 0 bridgehead atoms. The molecule has 2 rings (SSSR count). The zero-order valence-electron chi connectivity index (χ0n) is 11.4. The number of rotatable bonds is 6. The minimum atomic E-state index is -0.819. The lowest BCUT2D eigenvalue weighted by molar-refractivity contribution is -0.139. The second-order valence-electron chi connectivity index (χ2n) is 5.12. The van der Waals surface area contributed by atoms with Gasteiger partial charge in [-0.3, -0.25) is 4.79 Å². The van der Waals surface area contributed by atoms with E-state index in [1.807, 2.05) is 0 Å². The summed E-state index contributed by atoms with van der Waals surface area (Å²) in [6.45, 7) is 1.15. The van der Waals surface area contributed by atoms with Crippen molar-refractivity contribution in [2.45, 2.75) is 38.3 Å². The molecule has 1 aromatic rings. The molecule has 1 unspecified atom stereocenters. The first-order valence-electron chi connectivity index (χ1n) is 6.92. The van der Waals surface area contributed by atoms with E-state index in [1.54, 1.807) is 7.05 Å². The third kappa shape index (κ3) is 3.78. The van der Waals surface area contributed by atoms with Crippen LogP contribution in [0.2, 0.25) is 0 Å². The molecule has 0 saturated carbocycles. The molecule has 19 heavy (non-hydrogen) atoms. The van der Waals surface area contributed by atoms with Crippen molar-refractivity contribution in [2.24, 2.45) is 0 Å². The van der Waals surface area contributed by atoms with Crippen LogP contribution in [0, 0.1) is 0 Å². The molecule has 1 aliphatic carbocycles. The maximum Gasteiger partial charge on any atom is 0.322 e. The van der Waals surface area contributed by atoms with E-state index in [9.17, 15) is 4.79 Å². The number of benzene rings is 1. The highest BCUT2D eigenvalue weighted by Crippen LogP contribution is 2.22. The monoisotopic (exact) mass is 262 g/mol. The standard InChI is InChI=1S/C15H22N2O2/c1-16-14(15(18)19)10-17-9-11-6-7-12-4-2-3-5-13(12)8-11/h6-8,14,16-17H,2-5,9-10H2,1H3,(H,18,19). The van der Waals surface area contributed by atoms with Gasteiger partial charge in [0, 0.05) is 13.1 Å². The van der Waals surface area contributed by atoms with Gasteiger partial charge in [0.15, 0.2) is 0 Å². The highest BCUT2D eigenvalue weighted by molar-refractivity contribution is 5.73. The van der Waals surface area contributed by atoms with Gasteiger partial charge in [-0.1, -0.05) is 18.2 Å². The summed E-state index contributed by atoms with van der Waals surface area (Å²) in [5.74, 6) is -0.819. The second-order valence-corrected chi connectivity index (χ2v) is 5.12. The minimum Gasteiger partial charge on any atom is -0.480 e. The van der Waals surface area contributed by atoms with Crippen LogP contribution in [0.1, 0.15) is 29.5 Å². The van der Waals surface area contributed by atoms with Gasteiger partial charge in [0.05, 0.1) is 0 Å². The molecule has 104 valence electrons. The average Bonchev–Trinajstić information content (AvgIpc) is 2.43. The Morgan fingerprint density at radius 2 is 2.05 bits per heavy atom. The Bertz CT molecular complexity index is 446. The fourth-order valence-corrected chi connectivity index (χ4v) is 2.57. The average molecular weight is 262 g/mol. The van der Waals surface area contributed by atoms with E-state index < -0.39 is 12.0 Å². The number of hydrogen-bond donors (Lipinski definition) is 3. The first kappa shape index (κ1) is 14.0. The highest BCUT2D eigenvalue weighted by Gasteiger charge is 2.14. The molecule has 0 radical (unpaired) electrons. The van der Waals surface area contributed by atoms with Crippen molar-refractivity contribution >= 4 is 5.97 Å². The summed E-state index contributed by atoms with van der Waals surface area (Å²) < 4.78 is 0. The van der Waals surface area contributed by atoms with Gasteiger partial charge in [-0.05, 0) is 49.4 Å². The Labute approximate surface area is 114 Å². The number of nitrogens with one attached hydrogen (secondary N) is 2. The normalized spacial score (nSPS) is 15.8. The summed E-state index contributed by atoms with van der Waals surface area (Å²) in [7, 11) is 1.67. The van der Waals surface area contributed by atoms with Crippen LogP contribution < -0.4 is 10.6 Å². The lowest BCUT2D eigenvalue weighted by Gasteiger charge is -2.17. The molecule has 0 heterocycles. The summed E-state index contributed by atoms with van der Waals surface area (Å²) in [5.41, 5.74) is 4.18. The Morgan fingerprint density at radius 3 is 2.74 bits per heavy atom. The predicted octanol–water partition coefficient (Wildman–Crippen LogP) is 1.33. The van der Waals surface area contributed by atoms with Crippen LogP contribution >= 0.6 is 0 Å². The molecule has 0 amide bonds. The first-order chi connectivity index (χ1) is 9.20. The summed E-state index contributed by atoms with van der Waals surface area (Å²) in [4.78, 5) is 10.9. The zero-order valence-corrected chi connectivity index (χ0v) is 11.4. The van der Waals surface area contributed by atoms with E-state index in [0.29, 0.717) is 6.54 Å². The van der Waals surface area contributed by atoms with Gasteiger partial charge in [-0.2, -0.15) is 0 Å². The summed E-state index contributed by atoms with van der Waals surface area (Å²) in [6, 6.07) is 6.10. The number of likely N-dealkylation sites (N-methyl/N-ethyl adjacent to an activating group) is 1. The lowest BCUT2D eigenvalue weighted by Crippen LogP contribution is -2.42. The maximum absolute atomic E-state index is 10.9. The topological polar surface area (TPSA) is 61.4 Å². The van der Waals surface area contributed by atoms with E-state index in [1.165, 1.54) is 42.4 Å². The molecule has 1 aromatic carbocycles. The number of carbonyl (C=O) groups is 1. The van der Waals surface area contributed by atoms with E-state index in [2.05, 4.69) is 28.8 Å². The Morgan fingerprint density at radius 1 is 1.32 bits per heavy atom. The Hall–Kier alpha value is -1.39. The summed E-state index contributed by atoms with van der Waals surface area (Å²) in [6.07, 6.45) is 4.96. The van der Waals surface area contributed by atoms with Gasteiger partial charge >= 0.3 is 5.97 Å². The van der Waals surface area contributed by atoms with Crippen LogP contribution in [0.4, 0.5) is 0 Å². The van der Waals surface area contributed by atoms with E-state index in [-0.39, 0.29) is 0 Å². The van der Waals surface area contributed by atoms with Gasteiger partial charge in [0.2, 0.25) is 0 Å². The first-order valence-corrected chi connectivity index (χ1v) is 6.92. The molecule has 1 atom stereocenters. The fourth-order valence-electron chi connectivity index (χ4n) is 2.57. The van der Waals surface area contributed by atoms with Gasteiger partial charge in [-0.15, -0.1) is 0 Å². The largest absolute Gasteiger partial charge is 0.480 e. The van der Waals surface area contributed by atoms with Crippen molar-refractivity contribution in [2.75, 3.05) is 13.6 Å². The van der Waals surface area contributed by atoms with Crippen LogP contribution in [-0.4, -0.2) is 30.7 Å². The fraction of sp³-hybridized carbons (Fsp3) is 0.533. The molecule has 0 spiro atoms. The van der Waals surface area contributed by atoms with Crippen molar-refractivity contribution in [3.05, 3.63) is 34.9 Å². The van der Waals surface area contributed by atoms with Gasteiger partial charge in [-0.25, -0.2) is 0 Å². The van der Waals surface area contributed by atoms with Crippen molar-refractivity contribution < 1.29 is 9.90 Å². The van der Waals surface area contributed by atoms with Crippen molar-refractivity contribution in [1.29, 1.82) is 0 Å². The maximum atomic E-state index is 10.9. The smallest absolute Gasteiger partial charge is 0.322 e.